The predicted molar refractivity (Wildman–Crippen MR) is 117 cm³/mol. The smallest absolute Gasteiger partial charge is 0.292 e. The van der Waals surface area contributed by atoms with Crippen LogP contribution >= 0.6 is 0 Å². The highest BCUT2D eigenvalue weighted by atomic mass is 16.6. The Balaban J connectivity index is 1.64. The van der Waals surface area contributed by atoms with Gasteiger partial charge in [0, 0.05) is 43.5 Å². The Morgan fingerprint density at radius 1 is 1.17 bits per heavy atom. The van der Waals surface area contributed by atoms with E-state index in [1.807, 2.05) is 36.4 Å². The van der Waals surface area contributed by atoms with Gasteiger partial charge in [-0.2, -0.15) is 0 Å². The summed E-state index contributed by atoms with van der Waals surface area (Å²) in [6, 6.07) is 14.0. The van der Waals surface area contributed by atoms with E-state index in [0.717, 1.165) is 30.9 Å². The molecular weight excluding hydrogens is 368 g/mol. The third-order valence-corrected chi connectivity index (χ3v) is 5.12. The number of ether oxygens (including phenoxy) is 1. The summed E-state index contributed by atoms with van der Waals surface area (Å²) < 4.78 is 5.75. The quantitative estimate of drug-likeness (QED) is 0.400. The van der Waals surface area contributed by atoms with Crippen LogP contribution in [0.4, 0.5) is 17.1 Å². The number of anilines is 2. The van der Waals surface area contributed by atoms with E-state index in [-0.39, 0.29) is 10.6 Å². The van der Waals surface area contributed by atoms with E-state index in [0.29, 0.717) is 30.9 Å². The molecule has 2 N–H and O–H groups in total. The lowest BCUT2D eigenvalue weighted by atomic mass is 10.1. The summed E-state index contributed by atoms with van der Waals surface area (Å²) in [7, 11) is 0. The lowest BCUT2D eigenvalue weighted by molar-refractivity contribution is -0.383. The first-order valence-corrected chi connectivity index (χ1v) is 10.2. The highest BCUT2D eigenvalue weighted by Crippen LogP contribution is 2.30. The summed E-state index contributed by atoms with van der Waals surface area (Å²) in [5, 5.41) is 18.1. The minimum Gasteiger partial charge on any atom is -0.492 e. The Kier molecular flexibility index (Phi) is 6.93. The third kappa shape index (κ3) is 5.60. The number of nitrogens with zero attached hydrogens (tertiary/aromatic N) is 2. The fourth-order valence-corrected chi connectivity index (χ4v) is 3.74. The van der Waals surface area contributed by atoms with Crippen molar-refractivity contribution in [1.82, 2.24) is 5.32 Å². The molecule has 0 bridgehead atoms. The van der Waals surface area contributed by atoms with Crippen molar-refractivity contribution < 1.29 is 9.66 Å². The van der Waals surface area contributed by atoms with Gasteiger partial charge < -0.3 is 20.3 Å². The first kappa shape index (κ1) is 20.9. The normalized spacial score (nSPS) is 19.1. The standard InChI is InChI=1S/C22H30N4O3/c1-4-18-5-8-20(9-6-18)29-12-11-23-21-13-19(7-10-22(21)26(27)28)25-14-16(2)24-17(3)15-25/h5-10,13,16-17,23-24H,4,11-12,14-15H2,1-3H3/t16-,17-/m1/s1. The molecule has 29 heavy (non-hydrogen) atoms. The van der Waals surface area contributed by atoms with Gasteiger partial charge >= 0.3 is 0 Å². The Hall–Kier alpha value is -2.80. The summed E-state index contributed by atoms with van der Waals surface area (Å²) in [5.41, 5.74) is 2.86. The van der Waals surface area contributed by atoms with Crippen LogP contribution in [0.3, 0.4) is 0 Å². The average molecular weight is 399 g/mol. The van der Waals surface area contributed by atoms with Crippen LogP contribution < -0.4 is 20.3 Å². The number of hydrogen-bond donors (Lipinski definition) is 2. The van der Waals surface area contributed by atoms with E-state index in [2.05, 4.69) is 36.3 Å². The minimum atomic E-state index is -0.348. The average Bonchev–Trinajstić information content (AvgIpc) is 2.70. The van der Waals surface area contributed by atoms with E-state index in [9.17, 15) is 10.1 Å². The number of benzene rings is 2. The summed E-state index contributed by atoms with van der Waals surface area (Å²) in [5.74, 6) is 0.802. The molecule has 1 fully saturated rings. The zero-order valence-corrected chi connectivity index (χ0v) is 17.4. The molecule has 156 valence electrons. The summed E-state index contributed by atoms with van der Waals surface area (Å²) >= 11 is 0. The molecule has 0 aliphatic carbocycles. The van der Waals surface area contributed by atoms with E-state index in [4.69, 9.17) is 4.74 Å². The van der Waals surface area contributed by atoms with Gasteiger partial charge in [0.2, 0.25) is 0 Å². The number of rotatable bonds is 8. The molecule has 2 atom stereocenters. The number of aryl methyl sites for hydroxylation is 1. The molecule has 2 aromatic carbocycles. The van der Waals surface area contributed by atoms with Crippen molar-refractivity contribution in [2.75, 3.05) is 36.5 Å². The largest absolute Gasteiger partial charge is 0.492 e. The molecule has 1 aliphatic heterocycles. The number of piperazine rings is 1. The second-order valence-corrected chi connectivity index (χ2v) is 7.61. The van der Waals surface area contributed by atoms with Crippen molar-refractivity contribution >= 4 is 17.1 Å². The van der Waals surface area contributed by atoms with Gasteiger partial charge in [0.25, 0.3) is 5.69 Å². The highest BCUT2D eigenvalue weighted by Gasteiger charge is 2.23. The fourth-order valence-electron chi connectivity index (χ4n) is 3.74. The third-order valence-electron chi connectivity index (χ3n) is 5.12. The molecule has 7 heteroatoms. The topological polar surface area (TPSA) is 79.7 Å². The van der Waals surface area contributed by atoms with Gasteiger partial charge in [0.1, 0.15) is 18.0 Å². The molecule has 2 aromatic rings. The van der Waals surface area contributed by atoms with Crippen molar-refractivity contribution in [2.45, 2.75) is 39.3 Å². The van der Waals surface area contributed by atoms with Crippen LogP contribution in [0.5, 0.6) is 5.75 Å². The molecule has 0 amide bonds. The van der Waals surface area contributed by atoms with Crippen molar-refractivity contribution in [3.63, 3.8) is 0 Å². The molecule has 7 nitrogen and oxygen atoms in total. The van der Waals surface area contributed by atoms with Crippen molar-refractivity contribution in [1.29, 1.82) is 0 Å². The molecule has 0 aromatic heterocycles. The van der Waals surface area contributed by atoms with E-state index in [1.165, 1.54) is 5.56 Å². The van der Waals surface area contributed by atoms with Crippen LogP contribution in [0, 0.1) is 10.1 Å². The van der Waals surface area contributed by atoms with Gasteiger partial charge in [-0.1, -0.05) is 19.1 Å². The van der Waals surface area contributed by atoms with Gasteiger partial charge in [0.15, 0.2) is 0 Å². The van der Waals surface area contributed by atoms with E-state index >= 15 is 0 Å². The first-order chi connectivity index (χ1) is 14.0. The van der Waals surface area contributed by atoms with E-state index < -0.39 is 0 Å². The lowest BCUT2D eigenvalue weighted by Crippen LogP contribution is -2.54. The summed E-state index contributed by atoms with van der Waals surface area (Å²) in [6.07, 6.45) is 0.993. The van der Waals surface area contributed by atoms with Gasteiger partial charge in [-0.05, 0) is 50.1 Å². The van der Waals surface area contributed by atoms with Crippen LogP contribution in [-0.4, -0.2) is 43.2 Å². The van der Waals surface area contributed by atoms with Crippen LogP contribution in [0.25, 0.3) is 0 Å². The Morgan fingerprint density at radius 2 is 1.86 bits per heavy atom. The SMILES string of the molecule is CCc1ccc(OCCNc2cc(N3C[C@@H](C)N[C@H](C)C3)ccc2[N+](=O)[O-])cc1. The molecule has 1 saturated heterocycles. The van der Waals surface area contributed by atoms with Crippen molar-refractivity contribution in [3.8, 4) is 5.75 Å². The number of nitro benzene ring substituents is 1. The highest BCUT2D eigenvalue weighted by molar-refractivity contribution is 5.69. The maximum atomic E-state index is 11.4. The Morgan fingerprint density at radius 3 is 2.48 bits per heavy atom. The molecule has 1 heterocycles. The summed E-state index contributed by atoms with van der Waals surface area (Å²) in [4.78, 5) is 13.4. The van der Waals surface area contributed by atoms with Gasteiger partial charge in [-0.25, -0.2) is 0 Å². The number of hydrogen-bond acceptors (Lipinski definition) is 6. The molecular formula is C22H30N4O3. The Bertz CT molecular complexity index is 815. The molecule has 0 spiro atoms. The molecule has 1 aliphatic rings. The second kappa shape index (κ2) is 9.60. The second-order valence-electron chi connectivity index (χ2n) is 7.61. The maximum absolute atomic E-state index is 11.4. The minimum absolute atomic E-state index is 0.0808. The summed E-state index contributed by atoms with van der Waals surface area (Å²) in [6.45, 7) is 9.07. The van der Waals surface area contributed by atoms with Crippen LogP contribution in [0.2, 0.25) is 0 Å². The van der Waals surface area contributed by atoms with Gasteiger partial charge in [-0.15, -0.1) is 0 Å². The van der Waals surface area contributed by atoms with Crippen LogP contribution in [0.1, 0.15) is 26.3 Å². The van der Waals surface area contributed by atoms with Gasteiger partial charge in [0.05, 0.1) is 4.92 Å². The molecule has 0 unspecified atom stereocenters. The van der Waals surface area contributed by atoms with Crippen molar-refractivity contribution in [2.24, 2.45) is 0 Å². The van der Waals surface area contributed by atoms with Crippen LogP contribution in [-0.2, 0) is 6.42 Å². The van der Waals surface area contributed by atoms with Crippen molar-refractivity contribution in [3.05, 3.63) is 58.1 Å². The molecule has 0 radical (unpaired) electrons. The zero-order valence-electron chi connectivity index (χ0n) is 17.4. The molecule has 0 saturated carbocycles. The predicted octanol–water partition coefficient (Wildman–Crippen LogP) is 3.83. The van der Waals surface area contributed by atoms with Gasteiger partial charge in [-0.3, -0.25) is 10.1 Å². The fraction of sp³-hybridized carbons (Fsp3) is 0.455. The van der Waals surface area contributed by atoms with Crippen LogP contribution in [0.15, 0.2) is 42.5 Å². The maximum Gasteiger partial charge on any atom is 0.292 e. The zero-order chi connectivity index (χ0) is 20.8. The Labute approximate surface area is 172 Å². The first-order valence-electron chi connectivity index (χ1n) is 10.2. The van der Waals surface area contributed by atoms with E-state index in [1.54, 1.807) is 6.07 Å². The number of nitrogens with one attached hydrogen (secondary N) is 2. The number of nitro groups is 1. The monoisotopic (exact) mass is 398 g/mol. The molecule has 3 rings (SSSR count). The lowest BCUT2D eigenvalue weighted by Gasteiger charge is -2.37.